The van der Waals surface area contributed by atoms with Gasteiger partial charge in [0.25, 0.3) is 0 Å². The number of halogens is 1. The molecule has 1 saturated heterocycles. The lowest BCUT2D eigenvalue weighted by Crippen LogP contribution is -2.59. The van der Waals surface area contributed by atoms with Crippen molar-refractivity contribution in [1.29, 1.82) is 0 Å². The van der Waals surface area contributed by atoms with Gasteiger partial charge in [-0.2, -0.15) is 0 Å². The number of nitrogens with zero attached hydrogens (tertiary/aromatic N) is 3. The minimum Gasteiger partial charge on any atom is -0.383 e. The Hall–Kier alpha value is -1.47. The number of fused-ring (bicyclic) bond motifs is 1. The van der Waals surface area contributed by atoms with Crippen LogP contribution in [0, 0.1) is 0 Å². The van der Waals surface area contributed by atoms with Crippen LogP contribution in [0.3, 0.4) is 0 Å². The molecule has 0 unspecified atom stereocenters. The fourth-order valence-electron chi connectivity index (χ4n) is 5.07. The number of hydrogen-bond donors (Lipinski definition) is 1. The number of carbonyl (C=O) groups excluding carboxylic acids is 1. The van der Waals surface area contributed by atoms with Crippen LogP contribution in [0.2, 0.25) is 0 Å². The molecule has 0 radical (unpaired) electrons. The monoisotopic (exact) mass is 448 g/mol. The number of methoxy groups -OCH3 is 1. The molecule has 0 saturated carbocycles. The Kier molecular flexibility index (Phi) is 7.79. The van der Waals surface area contributed by atoms with Crippen LogP contribution in [-0.2, 0) is 14.9 Å². The number of hydrogen-bond acceptors (Lipinski definition) is 5. The molecule has 3 heterocycles. The van der Waals surface area contributed by atoms with Gasteiger partial charge < -0.3 is 15.0 Å². The van der Waals surface area contributed by atoms with Crippen molar-refractivity contribution in [1.82, 2.24) is 15.2 Å². The van der Waals surface area contributed by atoms with Gasteiger partial charge in [-0.3, -0.25) is 14.7 Å². The molecule has 0 bridgehead atoms. The van der Waals surface area contributed by atoms with Crippen LogP contribution in [0.5, 0.6) is 0 Å². The lowest BCUT2D eigenvalue weighted by atomic mass is 9.87. The van der Waals surface area contributed by atoms with Crippen molar-refractivity contribution < 1.29 is 9.53 Å². The van der Waals surface area contributed by atoms with Crippen LogP contribution in [0.25, 0.3) is 5.57 Å². The van der Waals surface area contributed by atoms with E-state index in [1.165, 1.54) is 24.0 Å². The first-order chi connectivity index (χ1) is 14.4. The highest BCUT2D eigenvalue weighted by molar-refractivity contribution is 5.98. The smallest absolute Gasteiger partial charge is 0.241 e. The van der Waals surface area contributed by atoms with Crippen molar-refractivity contribution in [2.45, 2.75) is 64.0 Å². The third-order valence-corrected chi connectivity index (χ3v) is 6.80. The van der Waals surface area contributed by atoms with E-state index in [2.05, 4.69) is 43.1 Å². The van der Waals surface area contributed by atoms with Gasteiger partial charge in [-0.1, -0.05) is 19.9 Å². The average Bonchev–Trinajstić information content (AvgIpc) is 3.01. The van der Waals surface area contributed by atoms with E-state index in [4.69, 9.17) is 9.72 Å². The van der Waals surface area contributed by atoms with Gasteiger partial charge in [0.15, 0.2) is 0 Å². The van der Waals surface area contributed by atoms with Crippen molar-refractivity contribution in [2.75, 3.05) is 44.8 Å². The molecule has 2 aliphatic heterocycles. The number of carbonyl (C=O) groups is 1. The Morgan fingerprint density at radius 3 is 2.87 bits per heavy atom. The number of allylic oxidation sites excluding steroid dienone is 2. The Morgan fingerprint density at radius 1 is 1.35 bits per heavy atom. The average molecular weight is 449 g/mol. The van der Waals surface area contributed by atoms with Gasteiger partial charge in [-0.15, -0.1) is 12.4 Å². The molecular weight excluding hydrogens is 412 g/mol. The van der Waals surface area contributed by atoms with Gasteiger partial charge in [0, 0.05) is 56.0 Å². The van der Waals surface area contributed by atoms with E-state index in [0.717, 1.165) is 37.3 Å². The summed E-state index contributed by atoms with van der Waals surface area (Å²) < 4.78 is 5.41. The number of aromatic nitrogens is 1. The summed E-state index contributed by atoms with van der Waals surface area (Å²) in [6, 6.07) is 2.76. The zero-order valence-corrected chi connectivity index (χ0v) is 20.1. The van der Waals surface area contributed by atoms with Crippen molar-refractivity contribution in [3.63, 3.8) is 0 Å². The molecule has 1 aromatic heterocycles. The maximum Gasteiger partial charge on any atom is 0.241 e. The minimum atomic E-state index is -0.0832. The molecule has 2 atom stereocenters. The summed E-state index contributed by atoms with van der Waals surface area (Å²) in [4.78, 5) is 22.6. The maximum absolute atomic E-state index is 13.5. The van der Waals surface area contributed by atoms with Crippen LogP contribution in [0.4, 0.5) is 5.69 Å². The molecule has 0 aromatic carbocycles. The number of anilines is 1. The molecule has 1 N–H and O–H groups in total. The first kappa shape index (κ1) is 24.2. The highest BCUT2D eigenvalue weighted by Gasteiger charge is 2.40. The molecule has 0 spiro atoms. The number of rotatable bonds is 5. The first-order valence-corrected chi connectivity index (χ1v) is 11.4. The van der Waals surface area contributed by atoms with Crippen molar-refractivity contribution in [2.24, 2.45) is 0 Å². The summed E-state index contributed by atoms with van der Waals surface area (Å²) in [5, 5.41) is 3.50. The molecule has 172 valence electrons. The molecule has 1 fully saturated rings. The van der Waals surface area contributed by atoms with Gasteiger partial charge >= 0.3 is 0 Å². The van der Waals surface area contributed by atoms with Crippen LogP contribution in [-0.4, -0.2) is 67.8 Å². The predicted octanol–water partition coefficient (Wildman–Crippen LogP) is 3.39. The summed E-state index contributed by atoms with van der Waals surface area (Å²) in [5.41, 5.74) is 4.51. The van der Waals surface area contributed by atoms with Crippen molar-refractivity contribution >= 4 is 29.6 Å². The van der Waals surface area contributed by atoms with Gasteiger partial charge in [0.2, 0.25) is 5.91 Å². The second kappa shape index (κ2) is 9.99. The Morgan fingerprint density at radius 2 is 2.16 bits per heavy atom. The molecule has 31 heavy (non-hydrogen) atoms. The number of amides is 1. The SMILES string of the molecule is COC[C@H]1CN[C@H](C)CN1CC(=O)N1CC(C)(C)c2cnc(C3=CCCCC3)cc21.Cl. The van der Waals surface area contributed by atoms with E-state index in [-0.39, 0.29) is 29.8 Å². The molecule has 1 amide bonds. The quantitative estimate of drug-likeness (QED) is 0.748. The zero-order valence-electron chi connectivity index (χ0n) is 19.3. The zero-order chi connectivity index (χ0) is 21.3. The second-order valence-corrected chi connectivity index (χ2v) is 9.77. The second-order valence-electron chi connectivity index (χ2n) is 9.77. The van der Waals surface area contributed by atoms with Crippen LogP contribution < -0.4 is 10.2 Å². The van der Waals surface area contributed by atoms with Crippen LogP contribution >= 0.6 is 12.4 Å². The first-order valence-electron chi connectivity index (χ1n) is 11.4. The number of pyridine rings is 1. The Labute approximate surface area is 192 Å². The highest BCUT2D eigenvalue weighted by atomic mass is 35.5. The van der Waals surface area contributed by atoms with Gasteiger partial charge in [0.05, 0.1) is 24.5 Å². The van der Waals surface area contributed by atoms with E-state index in [1.807, 2.05) is 11.1 Å². The highest BCUT2D eigenvalue weighted by Crippen LogP contribution is 2.41. The molecule has 3 aliphatic rings. The van der Waals surface area contributed by atoms with E-state index >= 15 is 0 Å². The van der Waals surface area contributed by atoms with E-state index in [1.54, 1.807) is 7.11 Å². The third kappa shape index (κ3) is 5.14. The lowest BCUT2D eigenvalue weighted by molar-refractivity contribution is -0.121. The Balaban J connectivity index is 0.00000272. The predicted molar refractivity (Wildman–Crippen MR) is 128 cm³/mol. The van der Waals surface area contributed by atoms with Gasteiger partial charge in [-0.25, -0.2) is 0 Å². The number of ether oxygens (including phenoxy) is 1. The van der Waals surface area contributed by atoms with Crippen molar-refractivity contribution in [3.8, 4) is 0 Å². The van der Waals surface area contributed by atoms with E-state index in [0.29, 0.717) is 25.7 Å². The molecule has 1 aliphatic carbocycles. The standard InChI is InChI=1S/C24H36N4O2.ClH/c1-17-13-27(19(11-25-17)15-30-4)14-23(29)28-16-24(2,3)20-12-26-21(10-22(20)28)18-8-6-5-7-9-18;/h8,10,12,17,19,25H,5-7,9,11,13-16H2,1-4H3;1H/t17-,19-;/m1./s1. The van der Waals surface area contributed by atoms with Crippen LogP contribution in [0.1, 0.15) is 57.7 Å². The number of piperazine rings is 1. The number of nitrogens with one attached hydrogen (secondary N) is 1. The summed E-state index contributed by atoms with van der Waals surface area (Å²) in [7, 11) is 1.73. The van der Waals surface area contributed by atoms with Gasteiger partial charge in [-0.05, 0) is 44.2 Å². The summed E-state index contributed by atoms with van der Waals surface area (Å²) >= 11 is 0. The fraction of sp³-hybridized carbons (Fsp3) is 0.667. The minimum absolute atomic E-state index is 0. The largest absolute Gasteiger partial charge is 0.383 e. The maximum atomic E-state index is 13.5. The lowest BCUT2D eigenvalue weighted by Gasteiger charge is -2.39. The third-order valence-electron chi connectivity index (χ3n) is 6.80. The Bertz CT molecular complexity index is 826. The van der Waals surface area contributed by atoms with Crippen LogP contribution in [0.15, 0.2) is 18.3 Å². The summed E-state index contributed by atoms with van der Waals surface area (Å²) in [5.74, 6) is 0.173. The normalized spacial score (nSPS) is 25.5. The summed E-state index contributed by atoms with van der Waals surface area (Å²) in [6.07, 6.45) is 9.03. The molecule has 4 rings (SSSR count). The molecule has 1 aromatic rings. The van der Waals surface area contributed by atoms with E-state index in [9.17, 15) is 4.79 Å². The van der Waals surface area contributed by atoms with E-state index < -0.39 is 0 Å². The molecule has 7 heteroatoms. The fourth-order valence-corrected chi connectivity index (χ4v) is 5.07. The van der Waals surface area contributed by atoms with Crippen molar-refractivity contribution in [3.05, 3.63) is 29.6 Å². The molecular formula is C24H37ClN4O2. The summed E-state index contributed by atoms with van der Waals surface area (Å²) in [6.45, 7) is 10.1. The van der Waals surface area contributed by atoms with Gasteiger partial charge in [0.1, 0.15) is 0 Å². The molecule has 6 nitrogen and oxygen atoms in total. The topological polar surface area (TPSA) is 57.7 Å².